The molecule has 2 aromatic rings. The minimum atomic E-state index is 0.232. The van der Waals surface area contributed by atoms with Gasteiger partial charge < -0.3 is 5.32 Å². The summed E-state index contributed by atoms with van der Waals surface area (Å²) < 4.78 is 0. The number of nitrogens with zero attached hydrogens (tertiary/aromatic N) is 1. The largest absolute Gasteiger partial charge is 0.388 e. The summed E-state index contributed by atoms with van der Waals surface area (Å²) in [4.78, 5) is 4.97. The third kappa shape index (κ3) is 5.39. The van der Waals surface area contributed by atoms with Gasteiger partial charge in [-0.05, 0) is 67.2 Å². The van der Waals surface area contributed by atoms with Gasteiger partial charge in [0.15, 0.2) is 0 Å². The number of aryl methyl sites for hydroxylation is 1. The number of thiazole rings is 1. The monoisotopic (exact) mass is 408 g/mol. The number of anilines is 1. The Balaban J connectivity index is 0.00000117. The zero-order valence-electron chi connectivity index (χ0n) is 18.8. The highest BCUT2D eigenvalue weighted by molar-refractivity contribution is 7.09. The highest BCUT2D eigenvalue weighted by Crippen LogP contribution is 2.42. The molecule has 0 radical (unpaired) electrons. The molecule has 2 aliphatic carbocycles. The predicted octanol–water partition coefficient (Wildman–Crippen LogP) is 7.49. The molecule has 1 aromatic carbocycles. The molecule has 1 unspecified atom stereocenters. The molecule has 0 saturated carbocycles. The van der Waals surface area contributed by atoms with Crippen molar-refractivity contribution in [3.05, 3.63) is 68.7 Å². The smallest absolute Gasteiger partial charge is 0.0937 e. The van der Waals surface area contributed by atoms with Crippen molar-refractivity contribution in [1.82, 2.24) is 4.98 Å². The first-order chi connectivity index (χ1) is 14.0. The first kappa shape index (κ1) is 21.8. The van der Waals surface area contributed by atoms with E-state index in [4.69, 9.17) is 4.98 Å². The van der Waals surface area contributed by atoms with Gasteiger partial charge in [-0.1, -0.05) is 50.6 Å². The van der Waals surface area contributed by atoms with Gasteiger partial charge in [0.05, 0.1) is 10.7 Å². The summed E-state index contributed by atoms with van der Waals surface area (Å²) in [5.41, 5.74) is 8.60. The van der Waals surface area contributed by atoms with E-state index in [0.29, 0.717) is 0 Å². The third-order valence-electron chi connectivity index (χ3n) is 6.03. The molecule has 29 heavy (non-hydrogen) atoms. The molecule has 1 atom stereocenters. The van der Waals surface area contributed by atoms with Crippen molar-refractivity contribution < 1.29 is 0 Å². The van der Waals surface area contributed by atoms with Crippen molar-refractivity contribution in [2.45, 2.75) is 72.6 Å². The van der Waals surface area contributed by atoms with Crippen molar-refractivity contribution in [1.29, 1.82) is 0 Å². The Morgan fingerprint density at radius 2 is 1.97 bits per heavy atom. The molecule has 1 N–H and O–H groups in total. The molecule has 156 valence electrons. The maximum absolute atomic E-state index is 4.97. The van der Waals surface area contributed by atoms with E-state index in [2.05, 4.69) is 54.9 Å². The summed E-state index contributed by atoms with van der Waals surface area (Å²) in [6, 6.07) is 6.65. The van der Waals surface area contributed by atoms with Crippen molar-refractivity contribution in [3.8, 4) is 0 Å². The van der Waals surface area contributed by atoms with Gasteiger partial charge in [-0.25, -0.2) is 4.98 Å². The number of benzene rings is 1. The number of hydrogen-bond donors (Lipinski definition) is 1. The Labute approximate surface area is 181 Å². The molecule has 2 nitrogen and oxygen atoms in total. The molecule has 0 saturated heterocycles. The van der Waals surface area contributed by atoms with Gasteiger partial charge in [-0.15, -0.1) is 11.3 Å². The lowest BCUT2D eigenvalue weighted by Gasteiger charge is -2.33. The normalized spacial score (nSPS) is 20.7. The summed E-state index contributed by atoms with van der Waals surface area (Å²) in [6.07, 6.45) is 13.4. The molecule has 2 aliphatic rings. The minimum Gasteiger partial charge on any atom is -0.388 e. The molecule has 0 fully saturated rings. The highest BCUT2D eigenvalue weighted by Gasteiger charge is 2.29. The lowest BCUT2D eigenvalue weighted by Crippen LogP contribution is -2.22. The average Bonchev–Trinajstić information content (AvgIpc) is 3.15. The molecular weight excluding hydrogens is 372 g/mol. The van der Waals surface area contributed by atoms with Crippen LogP contribution in [0.1, 0.15) is 74.7 Å². The molecule has 1 heterocycles. The highest BCUT2D eigenvalue weighted by atomic mass is 32.1. The van der Waals surface area contributed by atoms with Crippen LogP contribution in [0.5, 0.6) is 0 Å². The second-order valence-electron chi connectivity index (χ2n) is 8.49. The maximum atomic E-state index is 4.97. The van der Waals surface area contributed by atoms with Crippen LogP contribution in [0.2, 0.25) is 0 Å². The zero-order valence-corrected chi connectivity index (χ0v) is 19.6. The van der Waals surface area contributed by atoms with E-state index in [9.17, 15) is 0 Å². The first-order valence-electron chi connectivity index (χ1n) is 11.2. The van der Waals surface area contributed by atoms with E-state index in [0.717, 1.165) is 12.8 Å². The van der Waals surface area contributed by atoms with E-state index in [1.54, 1.807) is 11.1 Å². The van der Waals surface area contributed by atoms with Gasteiger partial charge in [-0.3, -0.25) is 0 Å². The Hall–Kier alpha value is -1.87. The number of rotatable bonds is 5. The van der Waals surface area contributed by atoms with Gasteiger partial charge in [0.2, 0.25) is 0 Å². The Bertz CT molecular complexity index is 890. The fourth-order valence-electron chi connectivity index (χ4n) is 4.55. The number of aromatic nitrogens is 1. The fraction of sp³-hybridized carbons (Fsp3) is 0.500. The second kappa shape index (κ2) is 9.75. The van der Waals surface area contributed by atoms with Crippen molar-refractivity contribution in [2.24, 2.45) is 5.41 Å². The third-order valence-corrected chi connectivity index (χ3v) is 6.93. The Kier molecular flexibility index (Phi) is 7.34. The van der Waals surface area contributed by atoms with Crippen LogP contribution in [0.3, 0.4) is 0 Å². The van der Waals surface area contributed by atoms with Crippen LogP contribution in [0, 0.1) is 12.3 Å². The molecule has 3 heteroatoms. The lowest BCUT2D eigenvalue weighted by molar-refractivity contribution is 0.398. The van der Waals surface area contributed by atoms with E-state index < -0.39 is 0 Å². The van der Waals surface area contributed by atoms with E-state index in [-0.39, 0.29) is 5.41 Å². The first-order valence-corrected chi connectivity index (χ1v) is 12.0. The molecule has 0 bridgehead atoms. The Morgan fingerprint density at radius 3 is 2.72 bits per heavy atom. The minimum absolute atomic E-state index is 0.232. The molecule has 4 rings (SSSR count). The van der Waals surface area contributed by atoms with Crippen LogP contribution < -0.4 is 5.32 Å². The van der Waals surface area contributed by atoms with Gasteiger partial charge in [0, 0.05) is 31.0 Å². The van der Waals surface area contributed by atoms with Gasteiger partial charge in [0.1, 0.15) is 0 Å². The number of allylic oxidation sites excluding steroid dienone is 4. The van der Waals surface area contributed by atoms with Crippen LogP contribution in [0.15, 0.2) is 46.9 Å². The van der Waals surface area contributed by atoms with E-state index in [1.807, 2.05) is 32.2 Å². The zero-order chi connectivity index (χ0) is 20.9. The summed E-state index contributed by atoms with van der Waals surface area (Å²) in [6.45, 7) is 8.56. The maximum Gasteiger partial charge on any atom is 0.0937 e. The van der Waals surface area contributed by atoms with Crippen molar-refractivity contribution in [3.63, 3.8) is 0 Å². The fourth-order valence-corrected chi connectivity index (χ4v) is 5.54. The van der Waals surface area contributed by atoms with Crippen molar-refractivity contribution in [2.75, 3.05) is 12.4 Å². The molecule has 0 spiro atoms. The summed E-state index contributed by atoms with van der Waals surface area (Å²) >= 11 is 1.83. The average molecular weight is 409 g/mol. The SMILES string of the molecule is CC.CNc1ccc(Cc2csc(CC3(C)C=CC4=C(CCCC4)C3)n2)cc1C. The quantitative estimate of drug-likeness (QED) is 0.554. The summed E-state index contributed by atoms with van der Waals surface area (Å²) in [7, 11) is 1.97. The van der Waals surface area contributed by atoms with Crippen LogP contribution >= 0.6 is 11.3 Å². The van der Waals surface area contributed by atoms with Crippen LogP contribution in [0.25, 0.3) is 0 Å². The second-order valence-corrected chi connectivity index (χ2v) is 9.43. The van der Waals surface area contributed by atoms with Gasteiger partial charge in [0.25, 0.3) is 0 Å². The molecular formula is C26H36N2S. The molecule has 0 amide bonds. The summed E-state index contributed by atoms with van der Waals surface area (Å²) in [5, 5.41) is 6.76. The Morgan fingerprint density at radius 1 is 1.17 bits per heavy atom. The van der Waals surface area contributed by atoms with Crippen LogP contribution in [0.4, 0.5) is 5.69 Å². The number of hydrogen-bond acceptors (Lipinski definition) is 3. The lowest BCUT2D eigenvalue weighted by atomic mass is 9.72. The summed E-state index contributed by atoms with van der Waals surface area (Å²) in [5.74, 6) is 0. The van der Waals surface area contributed by atoms with E-state index >= 15 is 0 Å². The van der Waals surface area contributed by atoms with Crippen LogP contribution in [-0.2, 0) is 12.8 Å². The molecule has 0 aliphatic heterocycles. The number of nitrogens with one attached hydrogen (secondary N) is 1. The van der Waals surface area contributed by atoms with Crippen LogP contribution in [-0.4, -0.2) is 12.0 Å². The topological polar surface area (TPSA) is 24.9 Å². The predicted molar refractivity (Wildman–Crippen MR) is 128 cm³/mol. The van der Waals surface area contributed by atoms with Crippen molar-refractivity contribution >= 4 is 17.0 Å². The standard InChI is InChI=1S/C24H30N2S.C2H6/c1-17-12-18(8-9-22(17)25-3)13-21-16-27-23(26-21)15-24(2)11-10-19-6-4-5-7-20(19)14-24;1-2/h8-12,16,25H,4-7,13-15H2,1-3H3;1-2H3. The van der Waals surface area contributed by atoms with Gasteiger partial charge >= 0.3 is 0 Å². The van der Waals surface area contributed by atoms with Gasteiger partial charge in [-0.2, -0.15) is 0 Å². The van der Waals surface area contributed by atoms with E-state index in [1.165, 1.54) is 59.6 Å². The molecule has 1 aromatic heterocycles.